The smallest absolute Gasteiger partial charge is 0.225 e. The van der Waals surface area contributed by atoms with Gasteiger partial charge in [0.05, 0.1) is 6.42 Å². The Bertz CT molecular complexity index is 582. The SMILES string of the molecule is O=C(CCc1ccccc1)NCCNC(=O)Cc1cccs1. The van der Waals surface area contributed by atoms with Gasteiger partial charge in [-0.3, -0.25) is 9.59 Å². The number of rotatable bonds is 8. The quantitative estimate of drug-likeness (QED) is 0.733. The average molecular weight is 316 g/mol. The van der Waals surface area contributed by atoms with E-state index >= 15 is 0 Å². The minimum Gasteiger partial charge on any atom is -0.354 e. The molecular formula is C17H20N2O2S. The first-order chi connectivity index (χ1) is 10.7. The number of nitrogens with one attached hydrogen (secondary N) is 2. The maximum atomic E-state index is 11.7. The third-order valence-electron chi connectivity index (χ3n) is 3.17. The number of aryl methyl sites for hydroxylation is 1. The van der Waals surface area contributed by atoms with Crippen LogP contribution in [-0.4, -0.2) is 24.9 Å². The third kappa shape index (κ3) is 6.10. The zero-order valence-corrected chi connectivity index (χ0v) is 13.2. The number of amides is 2. The summed E-state index contributed by atoms with van der Waals surface area (Å²) in [5, 5.41) is 7.57. The third-order valence-corrected chi connectivity index (χ3v) is 4.04. The summed E-state index contributed by atoms with van der Waals surface area (Å²) in [5.74, 6) is -0.00246. The first-order valence-corrected chi connectivity index (χ1v) is 8.22. The van der Waals surface area contributed by atoms with Crippen LogP contribution in [0.25, 0.3) is 0 Å². The van der Waals surface area contributed by atoms with E-state index in [2.05, 4.69) is 10.6 Å². The monoisotopic (exact) mass is 316 g/mol. The molecular weight excluding hydrogens is 296 g/mol. The van der Waals surface area contributed by atoms with E-state index in [1.165, 1.54) is 0 Å². The molecule has 1 aromatic carbocycles. The summed E-state index contributed by atoms with van der Waals surface area (Å²) < 4.78 is 0. The van der Waals surface area contributed by atoms with Gasteiger partial charge in [0.2, 0.25) is 11.8 Å². The molecule has 1 aromatic heterocycles. The molecule has 2 N–H and O–H groups in total. The fraction of sp³-hybridized carbons (Fsp3) is 0.294. The zero-order valence-electron chi connectivity index (χ0n) is 12.4. The van der Waals surface area contributed by atoms with Crippen molar-refractivity contribution in [2.24, 2.45) is 0 Å². The highest BCUT2D eigenvalue weighted by Gasteiger charge is 2.04. The second kappa shape index (κ2) is 9.00. The fourth-order valence-corrected chi connectivity index (χ4v) is 2.73. The van der Waals surface area contributed by atoms with Gasteiger partial charge in [-0.1, -0.05) is 36.4 Å². The van der Waals surface area contributed by atoms with Gasteiger partial charge in [-0.2, -0.15) is 0 Å². The number of benzene rings is 1. The summed E-state index contributed by atoms with van der Waals surface area (Å²) >= 11 is 1.57. The van der Waals surface area contributed by atoms with Crippen LogP contribution in [0.4, 0.5) is 0 Å². The van der Waals surface area contributed by atoms with Gasteiger partial charge in [0, 0.05) is 24.4 Å². The lowest BCUT2D eigenvalue weighted by molar-refractivity contribution is -0.122. The zero-order chi connectivity index (χ0) is 15.6. The predicted octanol–water partition coefficient (Wildman–Crippen LogP) is 2.16. The van der Waals surface area contributed by atoms with Crippen molar-refractivity contribution in [3.63, 3.8) is 0 Å². The molecule has 2 rings (SSSR count). The molecule has 0 bridgehead atoms. The highest BCUT2D eigenvalue weighted by molar-refractivity contribution is 7.10. The molecule has 2 aromatic rings. The molecule has 0 aliphatic heterocycles. The van der Waals surface area contributed by atoms with Gasteiger partial charge >= 0.3 is 0 Å². The van der Waals surface area contributed by atoms with Crippen molar-refractivity contribution < 1.29 is 9.59 Å². The van der Waals surface area contributed by atoms with Crippen LogP contribution in [0.5, 0.6) is 0 Å². The van der Waals surface area contributed by atoms with Crippen LogP contribution in [0, 0.1) is 0 Å². The Morgan fingerprint density at radius 1 is 0.909 bits per heavy atom. The van der Waals surface area contributed by atoms with Crippen LogP contribution >= 0.6 is 11.3 Å². The van der Waals surface area contributed by atoms with Crippen molar-refractivity contribution in [2.75, 3.05) is 13.1 Å². The van der Waals surface area contributed by atoms with E-state index in [4.69, 9.17) is 0 Å². The Hall–Kier alpha value is -2.14. The van der Waals surface area contributed by atoms with E-state index in [0.29, 0.717) is 25.9 Å². The lowest BCUT2D eigenvalue weighted by Gasteiger charge is -2.07. The van der Waals surface area contributed by atoms with E-state index in [1.807, 2.05) is 47.8 Å². The number of carbonyl (C=O) groups excluding carboxylic acids is 2. The summed E-state index contributed by atoms with van der Waals surface area (Å²) in [6, 6.07) is 13.8. The van der Waals surface area contributed by atoms with Gasteiger partial charge in [0.15, 0.2) is 0 Å². The van der Waals surface area contributed by atoms with Gasteiger partial charge in [0.1, 0.15) is 0 Å². The maximum absolute atomic E-state index is 11.7. The van der Waals surface area contributed by atoms with Crippen LogP contribution in [0.2, 0.25) is 0 Å². The second-order valence-corrected chi connectivity index (χ2v) is 5.97. The van der Waals surface area contributed by atoms with Crippen molar-refractivity contribution in [2.45, 2.75) is 19.3 Å². The molecule has 0 spiro atoms. The molecule has 22 heavy (non-hydrogen) atoms. The Morgan fingerprint density at radius 3 is 2.32 bits per heavy atom. The van der Waals surface area contributed by atoms with Crippen LogP contribution in [0.15, 0.2) is 47.8 Å². The summed E-state index contributed by atoms with van der Waals surface area (Å²) in [6.45, 7) is 0.922. The Kier molecular flexibility index (Phi) is 6.64. The molecule has 0 saturated carbocycles. The maximum Gasteiger partial charge on any atom is 0.225 e. The summed E-state index contributed by atoms with van der Waals surface area (Å²) in [5.41, 5.74) is 1.15. The molecule has 0 aliphatic carbocycles. The summed E-state index contributed by atoms with van der Waals surface area (Å²) in [4.78, 5) is 24.4. The van der Waals surface area contributed by atoms with E-state index in [0.717, 1.165) is 16.9 Å². The average Bonchev–Trinajstić information content (AvgIpc) is 3.03. The number of hydrogen-bond acceptors (Lipinski definition) is 3. The predicted molar refractivity (Wildman–Crippen MR) is 88.8 cm³/mol. The van der Waals surface area contributed by atoms with E-state index in [9.17, 15) is 9.59 Å². The van der Waals surface area contributed by atoms with Crippen LogP contribution in [-0.2, 0) is 22.4 Å². The molecule has 0 aliphatic rings. The van der Waals surface area contributed by atoms with Crippen LogP contribution < -0.4 is 10.6 Å². The van der Waals surface area contributed by atoms with Gasteiger partial charge in [0.25, 0.3) is 0 Å². The van der Waals surface area contributed by atoms with E-state index < -0.39 is 0 Å². The molecule has 2 amide bonds. The second-order valence-electron chi connectivity index (χ2n) is 4.94. The molecule has 0 saturated heterocycles. The molecule has 1 heterocycles. The first kappa shape index (κ1) is 16.2. The van der Waals surface area contributed by atoms with Crippen molar-refractivity contribution >= 4 is 23.2 Å². The lowest BCUT2D eigenvalue weighted by Crippen LogP contribution is -2.35. The molecule has 0 radical (unpaired) electrons. The van der Waals surface area contributed by atoms with Crippen molar-refractivity contribution in [1.82, 2.24) is 10.6 Å². The molecule has 0 unspecified atom stereocenters. The van der Waals surface area contributed by atoms with Crippen molar-refractivity contribution in [1.29, 1.82) is 0 Å². The Labute approximate surface area is 134 Å². The highest BCUT2D eigenvalue weighted by atomic mass is 32.1. The minimum absolute atomic E-state index is 0.0105. The molecule has 0 atom stereocenters. The van der Waals surface area contributed by atoms with Crippen molar-refractivity contribution in [3.8, 4) is 0 Å². The molecule has 0 fully saturated rings. The lowest BCUT2D eigenvalue weighted by atomic mass is 10.1. The van der Waals surface area contributed by atoms with Gasteiger partial charge < -0.3 is 10.6 Å². The van der Waals surface area contributed by atoms with Crippen LogP contribution in [0.3, 0.4) is 0 Å². The van der Waals surface area contributed by atoms with Crippen LogP contribution in [0.1, 0.15) is 16.9 Å². The number of carbonyl (C=O) groups is 2. The minimum atomic E-state index is -0.0130. The number of thiophene rings is 1. The van der Waals surface area contributed by atoms with E-state index in [-0.39, 0.29) is 11.8 Å². The standard InChI is InChI=1S/C17H20N2O2S/c20-16(9-8-14-5-2-1-3-6-14)18-10-11-19-17(21)13-15-7-4-12-22-15/h1-7,12H,8-11,13H2,(H,18,20)(H,19,21). The highest BCUT2D eigenvalue weighted by Crippen LogP contribution is 2.08. The molecule has 116 valence electrons. The fourth-order valence-electron chi connectivity index (χ4n) is 2.03. The van der Waals surface area contributed by atoms with E-state index in [1.54, 1.807) is 11.3 Å². The van der Waals surface area contributed by atoms with Crippen molar-refractivity contribution in [3.05, 3.63) is 58.3 Å². The number of hydrogen-bond donors (Lipinski definition) is 2. The topological polar surface area (TPSA) is 58.2 Å². The Morgan fingerprint density at radius 2 is 1.64 bits per heavy atom. The summed E-state index contributed by atoms with van der Waals surface area (Å²) in [7, 11) is 0. The largest absolute Gasteiger partial charge is 0.354 e. The van der Waals surface area contributed by atoms with Gasteiger partial charge in [-0.05, 0) is 23.4 Å². The summed E-state index contributed by atoms with van der Waals surface area (Å²) in [6.07, 6.45) is 1.60. The Balaban J connectivity index is 1.54. The van der Waals surface area contributed by atoms with Gasteiger partial charge in [-0.25, -0.2) is 0 Å². The first-order valence-electron chi connectivity index (χ1n) is 7.34. The molecule has 5 heteroatoms. The molecule has 4 nitrogen and oxygen atoms in total. The normalized spacial score (nSPS) is 10.2. The van der Waals surface area contributed by atoms with Gasteiger partial charge in [-0.15, -0.1) is 11.3 Å².